The average molecular weight is 230 g/mol. The van der Waals surface area contributed by atoms with E-state index < -0.39 is 22.8 Å². The minimum Gasteiger partial charge on any atom is -0.299 e. The van der Waals surface area contributed by atoms with Gasteiger partial charge in [-0.1, -0.05) is 41.5 Å². The molecule has 94 valence electrons. The van der Waals surface area contributed by atoms with E-state index in [1.54, 1.807) is 41.5 Å². The number of alkyl halides is 1. The van der Waals surface area contributed by atoms with Crippen LogP contribution in [0.15, 0.2) is 0 Å². The fourth-order valence-corrected chi connectivity index (χ4v) is 1.23. The maximum absolute atomic E-state index is 13.5. The van der Waals surface area contributed by atoms with Crippen molar-refractivity contribution in [3.63, 3.8) is 0 Å². The van der Waals surface area contributed by atoms with Gasteiger partial charge in [0.15, 0.2) is 12.0 Å². The summed E-state index contributed by atoms with van der Waals surface area (Å²) in [6.45, 7) is 10.5. The van der Waals surface area contributed by atoms with Crippen LogP contribution in [-0.2, 0) is 9.59 Å². The molecule has 1 atom stereocenters. The fourth-order valence-electron chi connectivity index (χ4n) is 1.23. The number of carbonyl (C=O) groups is 2. The maximum Gasteiger partial charge on any atom is 0.172 e. The lowest BCUT2D eigenvalue weighted by molar-refractivity contribution is -0.132. The SMILES string of the molecule is CC(C)(C)C(=O)CC[C@@H](F)C(=O)C(C)(C)C. The lowest BCUT2D eigenvalue weighted by atomic mass is 9.84. The Morgan fingerprint density at radius 2 is 1.44 bits per heavy atom. The van der Waals surface area contributed by atoms with E-state index in [1.165, 1.54) is 0 Å². The summed E-state index contributed by atoms with van der Waals surface area (Å²) < 4.78 is 13.5. The van der Waals surface area contributed by atoms with Crippen LogP contribution in [0.5, 0.6) is 0 Å². The summed E-state index contributed by atoms with van der Waals surface area (Å²) >= 11 is 0. The van der Waals surface area contributed by atoms with E-state index >= 15 is 0 Å². The van der Waals surface area contributed by atoms with Crippen molar-refractivity contribution in [2.75, 3.05) is 0 Å². The molecule has 0 amide bonds. The molecule has 0 aliphatic rings. The number of ketones is 2. The van der Waals surface area contributed by atoms with Gasteiger partial charge in [-0.3, -0.25) is 9.59 Å². The summed E-state index contributed by atoms with van der Waals surface area (Å²) in [6.07, 6.45) is -1.38. The van der Waals surface area contributed by atoms with Crippen molar-refractivity contribution in [2.24, 2.45) is 10.8 Å². The van der Waals surface area contributed by atoms with E-state index in [2.05, 4.69) is 0 Å². The van der Waals surface area contributed by atoms with Gasteiger partial charge in [-0.2, -0.15) is 0 Å². The van der Waals surface area contributed by atoms with Crippen molar-refractivity contribution in [3.05, 3.63) is 0 Å². The molecule has 2 nitrogen and oxygen atoms in total. The van der Waals surface area contributed by atoms with E-state index in [0.29, 0.717) is 0 Å². The monoisotopic (exact) mass is 230 g/mol. The van der Waals surface area contributed by atoms with Crippen LogP contribution in [-0.4, -0.2) is 17.7 Å². The van der Waals surface area contributed by atoms with Gasteiger partial charge in [0, 0.05) is 17.3 Å². The van der Waals surface area contributed by atoms with Gasteiger partial charge in [-0.05, 0) is 6.42 Å². The zero-order valence-electron chi connectivity index (χ0n) is 11.2. The van der Waals surface area contributed by atoms with Crippen LogP contribution in [0.25, 0.3) is 0 Å². The molecule has 0 aromatic rings. The Balaban J connectivity index is 4.25. The number of hydrogen-bond donors (Lipinski definition) is 0. The topological polar surface area (TPSA) is 34.1 Å². The zero-order chi connectivity index (χ0) is 13.1. The van der Waals surface area contributed by atoms with Crippen LogP contribution in [0, 0.1) is 10.8 Å². The van der Waals surface area contributed by atoms with E-state index in [0.717, 1.165) is 0 Å². The molecule has 0 radical (unpaired) electrons. The lowest BCUT2D eigenvalue weighted by Crippen LogP contribution is -2.31. The molecule has 0 aliphatic carbocycles. The summed E-state index contributed by atoms with van der Waals surface area (Å²) in [7, 11) is 0. The third-order valence-electron chi connectivity index (χ3n) is 2.49. The highest BCUT2D eigenvalue weighted by Gasteiger charge is 2.31. The predicted octanol–water partition coefficient (Wildman–Crippen LogP) is 3.34. The Morgan fingerprint density at radius 3 is 1.75 bits per heavy atom. The van der Waals surface area contributed by atoms with E-state index in [4.69, 9.17) is 0 Å². The van der Waals surface area contributed by atoms with Crippen molar-refractivity contribution in [2.45, 2.75) is 60.6 Å². The Morgan fingerprint density at radius 1 is 1.00 bits per heavy atom. The standard InChI is InChI=1S/C13H23FO2/c1-12(2,3)10(15)8-7-9(14)11(16)13(4,5)6/h9H,7-8H2,1-6H3/t9-/m1/s1. The summed E-state index contributed by atoms with van der Waals surface area (Å²) in [5.41, 5.74) is -1.13. The second-order valence-electron chi connectivity index (χ2n) is 6.29. The highest BCUT2D eigenvalue weighted by Crippen LogP contribution is 2.23. The van der Waals surface area contributed by atoms with Gasteiger partial charge in [-0.15, -0.1) is 0 Å². The molecule has 0 aliphatic heterocycles. The first-order valence-corrected chi connectivity index (χ1v) is 5.68. The second kappa shape index (κ2) is 5.07. The Kier molecular flexibility index (Phi) is 4.84. The van der Waals surface area contributed by atoms with Gasteiger partial charge < -0.3 is 0 Å². The molecular weight excluding hydrogens is 207 g/mol. The summed E-state index contributed by atoms with van der Waals surface area (Å²) in [6, 6.07) is 0. The van der Waals surface area contributed by atoms with Crippen LogP contribution < -0.4 is 0 Å². The van der Waals surface area contributed by atoms with E-state index in [9.17, 15) is 14.0 Å². The molecule has 0 spiro atoms. The van der Waals surface area contributed by atoms with Crippen molar-refractivity contribution < 1.29 is 14.0 Å². The molecule has 0 bridgehead atoms. The Labute approximate surface area is 97.6 Å². The number of hydrogen-bond acceptors (Lipinski definition) is 2. The van der Waals surface area contributed by atoms with Gasteiger partial charge in [0.05, 0.1) is 0 Å². The quantitative estimate of drug-likeness (QED) is 0.742. The largest absolute Gasteiger partial charge is 0.299 e. The first-order chi connectivity index (χ1) is 6.96. The molecule has 0 aromatic carbocycles. The van der Waals surface area contributed by atoms with Crippen LogP contribution >= 0.6 is 0 Å². The zero-order valence-corrected chi connectivity index (χ0v) is 11.2. The minimum absolute atomic E-state index is 0.00291. The molecular formula is C13H23FO2. The van der Waals surface area contributed by atoms with E-state index in [-0.39, 0.29) is 18.6 Å². The van der Waals surface area contributed by atoms with Gasteiger partial charge in [0.1, 0.15) is 5.78 Å². The van der Waals surface area contributed by atoms with Crippen LogP contribution in [0.4, 0.5) is 4.39 Å². The smallest absolute Gasteiger partial charge is 0.172 e. The van der Waals surface area contributed by atoms with Crippen molar-refractivity contribution in [3.8, 4) is 0 Å². The predicted molar refractivity (Wildman–Crippen MR) is 63.1 cm³/mol. The maximum atomic E-state index is 13.5. The molecule has 0 saturated carbocycles. The molecule has 0 fully saturated rings. The number of halogens is 1. The Hall–Kier alpha value is -0.730. The lowest BCUT2D eigenvalue weighted by Gasteiger charge is -2.21. The van der Waals surface area contributed by atoms with Crippen molar-refractivity contribution in [1.82, 2.24) is 0 Å². The first kappa shape index (κ1) is 15.3. The molecule has 0 rings (SSSR count). The van der Waals surface area contributed by atoms with Crippen LogP contribution in [0.1, 0.15) is 54.4 Å². The average Bonchev–Trinajstić information content (AvgIpc) is 2.09. The normalized spacial score (nSPS) is 14.7. The number of rotatable bonds is 4. The summed E-state index contributed by atoms with van der Waals surface area (Å²) in [5, 5.41) is 0. The Bertz CT molecular complexity index is 269. The third kappa shape index (κ3) is 4.86. The fraction of sp³-hybridized carbons (Fsp3) is 0.846. The molecule has 0 unspecified atom stereocenters. The summed E-state index contributed by atoms with van der Waals surface area (Å²) in [4.78, 5) is 23.1. The van der Waals surface area contributed by atoms with Crippen molar-refractivity contribution in [1.29, 1.82) is 0 Å². The molecule has 0 saturated heterocycles. The van der Waals surface area contributed by atoms with Gasteiger partial charge in [-0.25, -0.2) is 4.39 Å². The van der Waals surface area contributed by atoms with Gasteiger partial charge in [0.25, 0.3) is 0 Å². The minimum atomic E-state index is -1.52. The highest BCUT2D eigenvalue weighted by molar-refractivity contribution is 5.89. The molecule has 16 heavy (non-hydrogen) atoms. The first-order valence-electron chi connectivity index (χ1n) is 5.68. The number of Topliss-reactive ketones (excluding diaryl/α,β-unsaturated/α-hetero) is 2. The third-order valence-corrected chi connectivity index (χ3v) is 2.49. The van der Waals surface area contributed by atoms with Crippen LogP contribution in [0.3, 0.4) is 0 Å². The summed E-state index contributed by atoms with van der Waals surface area (Å²) in [5.74, 6) is -0.425. The highest BCUT2D eigenvalue weighted by atomic mass is 19.1. The van der Waals surface area contributed by atoms with Crippen LogP contribution in [0.2, 0.25) is 0 Å². The molecule has 0 aromatic heterocycles. The van der Waals surface area contributed by atoms with Gasteiger partial charge in [0.2, 0.25) is 0 Å². The second-order valence-corrected chi connectivity index (χ2v) is 6.29. The number of carbonyl (C=O) groups excluding carboxylic acids is 2. The molecule has 0 N–H and O–H groups in total. The van der Waals surface area contributed by atoms with Gasteiger partial charge >= 0.3 is 0 Å². The van der Waals surface area contributed by atoms with E-state index in [1.807, 2.05) is 0 Å². The van der Waals surface area contributed by atoms with Crippen molar-refractivity contribution >= 4 is 11.6 Å². The molecule has 3 heteroatoms. The molecule has 0 heterocycles.